The van der Waals surface area contributed by atoms with Crippen LogP contribution < -0.4 is 5.01 Å². The molecule has 0 N–H and O–H groups in total. The number of carbonyl (C=O) groups excluding carboxylic acids is 2. The Kier molecular flexibility index (Phi) is 3.41. The molecule has 1 aliphatic heterocycles. The van der Waals surface area contributed by atoms with E-state index < -0.39 is 11.9 Å². The molecular formula is C13H14N2O3. The Morgan fingerprint density at radius 3 is 2.67 bits per heavy atom. The number of ether oxygens (including phenoxy) is 1. The summed E-state index contributed by atoms with van der Waals surface area (Å²) in [7, 11) is 1.31. The first-order chi connectivity index (χ1) is 8.63. The van der Waals surface area contributed by atoms with E-state index in [0.717, 1.165) is 0 Å². The monoisotopic (exact) mass is 246 g/mol. The number of hydrazone groups is 1. The summed E-state index contributed by atoms with van der Waals surface area (Å²) in [5, 5.41) is 5.54. The quantitative estimate of drug-likeness (QED) is 0.761. The highest BCUT2D eigenvalue weighted by atomic mass is 16.5. The second-order valence-corrected chi connectivity index (χ2v) is 4.06. The van der Waals surface area contributed by atoms with Crippen molar-refractivity contribution < 1.29 is 14.3 Å². The lowest BCUT2D eigenvalue weighted by Crippen LogP contribution is -2.29. The van der Waals surface area contributed by atoms with Crippen LogP contribution in [0.1, 0.15) is 13.3 Å². The number of esters is 1. The summed E-state index contributed by atoms with van der Waals surface area (Å²) >= 11 is 0. The first-order valence-corrected chi connectivity index (χ1v) is 5.64. The molecule has 0 saturated carbocycles. The Labute approximate surface area is 105 Å². The molecule has 1 atom stereocenters. The number of para-hydroxylation sites is 1. The van der Waals surface area contributed by atoms with E-state index in [-0.39, 0.29) is 12.3 Å². The summed E-state index contributed by atoms with van der Waals surface area (Å²) in [6, 6.07) is 9.14. The van der Waals surface area contributed by atoms with Gasteiger partial charge in [0.2, 0.25) is 0 Å². The molecule has 18 heavy (non-hydrogen) atoms. The molecule has 0 saturated heterocycles. The molecule has 0 aromatic heterocycles. The highest BCUT2D eigenvalue weighted by Crippen LogP contribution is 2.25. The highest BCUT2D eigenvalue weighted by Gasteiger charge is 2.35. The van der Waals surface area contributed by atoms with Gasteiger partial charge in [0.05, 0.1) is 25.1 Å². The van der Waals surface area contributed by atoms with Crippen LogP contribution in [-0.2, 0) is 14.3 Å². The fourth-order valence-corrected chi connectivity index (χ4v) is 1.84. The maximum Gasteiger partial charge on any atom is 0.306 e. The maximum absolute atomic E-state index is 12.2. The average molecular weight is 246 g/mol. The molecule has 0 aliphatic carbocycles. The summed E-state index contributed by atoms with van der Waals surface area (Å²) in [6.45, 7) is 1.74. The first-order valence-electron chi connectivity index (χ1n) is 5.64. The van der Waals surface area contributed by atoms with Crippen LogP contribution in [0, 0.1) is 5.92 Å². The highest BCUT2D eigenvalue weighted by molar-refractivity contribution is 6.16. The second kappa shape index (κ2) is 5.00. The molecule has 0 bridgehead atoms. The van der Waals surface area contributed by atoms with Crippen molar-refractivity contribution >= 4 is 23.3 Å². The largest absolute Gasteiger partial charge is 0.469 e. The zero-order chi connectivity index (χ0) is 13.1. The Hall–Kier alpha value is -2.17. The Bertz CT molecular complexity index is 496. The standard InChI is InChI=1S/C13H14N2O3/c1-9-11(8-12(16)18-2)13(17)15(14-9)10-6-4-3-5-7-10/h3-7,11H,8H2,1-2H3/t11-/m1/s1. The third-order valence-electron chi connectivity index (χ3n) is 2.87. The number of carbonyl (C=O) groups is 2. The summed E-state index contributed by atoms with van der Waals surface area (Å²) in [5.74, 6) is -1.11. The van der Waals surface area contributed by atoms with Crippen molar-refractivity contribution in [1.29, 1.82) is 0 Å². The number of hydrogen-bond donors (Lipinski definition) is 0. The van der Waals surface area contributed by atoms with Gasteiger partial charge in [-0.15, -0.1) is 0 Å². The van der Waals surface area contributed by atoms with Crippen LogP contribution in [0.15, 0.2) is 35.4 Å². The van der Waals surface area contributed by atoms with Crippen LogP contribution in [0.25, 0.3) is 0 Å². The third kappa shape index (κ3) is 2.25. The van der Waals surface area contributed by atoms with Gasteiger partial charge in [-0.1, -0.05) is 18.2 Å². The van der Waals surface area contributed by atoms with E-state index in [1.165, 1.54) is 12.1 Å². The molecule has 1 aromatic carbocycles. The van der Waals surface area contributed by atoms with Crippen molar-refractivity contribution in [3.05, 3.63) is 30.3 Å². The number of benzene rings is 1. The second-order valence-electron chi connectivity index (χ2n) is 4.06. The van der Waals surface area contributed by atoms with Crippen molar-refractivity contribution in [2.45, 2.75) is 13.3 Å². The van der Waals surface area contributed by atoms with Gasteiger partial charge in [0.25, 0.3) is 5.91 Å². The fraction of sp³-hybridized carbons (Fsp3) is 0.308. The topological polar surface area (TPSA) is 59.0 Å². The average Bonchev–Trinajstić information content (AvgIpc) is 2.67. The molecule has 2 rings (SSSR count). The minimum Gasteiger partial charge on any atom is -0.469 e. The molecule has 1 aromatic rings. The van der Waals surface area contributed by atoms with Crippen LogP contribution >= 0.6 is 0 Å². The van der Waals surface area contributed by atoms with E-state index in [9.17, 15) is 9.59 Å². The van der Waals surface area contributed by atoms with Gasteiger partial charge in [-0.2, -0.15) is 5.10 Å². The van der Waals surface area contributed by atoms with Crippen LogP contribution in [0.2, 0.25) is 0 Å². The molecule has 0 unspecified atom stereocenters. The first kappa shape index (κ1) is 12.3. The Balaban J connectivity index is 2.19. The van der Waals surface area contributed by atoms with Crippen LogP contribution in [0.5, 0.6) is 0 Å². The maximum atomic E-state index is 12.2. The number of nitrogens with zero attached hydrogens (tertiary/aromatic N) is 2. The fourth-order valence-electron chi connectivity index (χ4n) is 1.84. The summed E-state index contributed by atoms with van der Waals surface area (Å²) in [5.41, 5.74) is 1.34. The molecule has 5 nitrogen and oxygen atoms in total. The smallest absolute Gasteiger partial charge is 0.306 e. The molecule has 1 amide bonds. The SMILES string of the molecule is COC(=O)C[C@H]1C(=O)N(c2ccccc2)N=C1C. The van der Waals surface area contributed by atoms with E-state index in [0.29, 0.717) is 11.4 Å². The minimum atomic E-state index is -0.516. The molecule has 0 radical (unpaired) electrons. The van der Waals surface area contributed by atoms with Gasteiger partial charge in [-0.25, -0.2) is 5.01 Å². The third-order valence-corrected chi connectivity index (χ3v) is 2.87. The van der Waals surface area contributed by atoms with E-state index in [1.807, 2.05) is 18.2 Å². The molecule has 1 heterocycles. The van der Waals surface area contributed by atoms with Gasteiger partial charge in [-0.05, 0) is 19.1 Å². The van der Waals surface area contributed by atoms with Gasteiger partial charge in [0.1, 0.15) is 0 Å². The van der Waals surface area contributed by atoms with Crippen LogP contribution in [0.3, 0.4) is 0 Å². The van der Waals surface area contributed by atoms with Crippen LogP contribution in [-0.4, -0.2) is 24.7 Å². The Morgan fingerprint density at radius 1 is 1.39 bits per heavy atom. The minimum absolute atomic E-state index is 0.0357. The van der Waals surface area contributed by atoms with E-state index in [4.69, 9.17) is 0 Å². The number of amides is 1. The van der Waals surface area contributed by atoms with Crippen LogP contribution in [0.4, 0.5) is 5.69 Å². The molecule has 0 fully saturated rings. The summed E-state index contributed by atoms with van der Waals surface area (Å²) < 4.78 is 4.59. The van der Waals surface area contributed by atoms with Gasteiger partial charge in [0, 0.05) is 5.71 Å². The molecule has 1 aliphatic rings. The predicted octanol–water partition coefficient (Wildman–Crippen LogP) is 1.59. The summed E-state index contributed by atoms with van der Waals surface area (Å²) in [4.78, 5) is 23.4. The van der Waals surface area contributed by atoms with E-state index in [2.05, 4.69) is 9.84 Å². The lowest BCUT2D eigenvalue weighted by Gasteiger charge is -2.13. The number of rotatable bonds is 3. The lowest BCUT2D eigenvalue weighted by atomic mass is 10.0. The van der Waals surface area contributed by atoms with Crippen molar-refractivity contribution in [3.8, 4) is 0 Å². The van der Waals surface area contributed by atoms with E-state index in [1.54, 1.807) is 19.1 Å². The number of anilines is 1. The zero-order valence-corrected chi connectivity index (χ0v) is 10.3. The molecular weight excluding hydrogens is 232 g/mol. The van der Waals surface area contributed by atoms with Gasteiger partial charge in [0.15, 0.2) is 0 Å². The number of methoxy groups -OCH3 is 1. The van der Waals surface area contributed by atoms with Crippen molar-refractivity contribution in [1.82, 2.24) is 0 Å². The van der Waals surface area contributed by atoms with Crippen molar-refractivity contribution in [2.75, 3.05) is 12.1 Å². The van der Waals surface area contributed by atoms with Gasteiger partial charge >= 0.3 is 5.97 Å². The summed E-state index contributed by atoms with van der Waals surface area (Å²) in [6.07, 6.45) is 0.0357. The van der Waals surface area contributed by atoms with Crippen molar-refractivity contribution in [2.24, 2.45) is 11.0 Å². The predicted molar refractivity (Wildman–Crippen MR) is 67.2 cm³/mol. The zero-order valence-electron chi connectivity index (χ0n) is 10.3. The molecule has 0 spiro atoms. The lowest BCUT2D eigenvalue weighted by molar-refractivity contribution is -0.142. The Morgan fingerprint density at radius 2 is 2.06 bits per heavy atom. The van der Waals surface area contributed by atoms with Crippen molar-refractivity contribution in [3.63, 3.8) is 0 Å². The normalized spacial score (nSPS) is 18.8. The van der Waals surface area contributed by atoms with Gasteiger partial charge in [-0.3, -0.25) is 9.59 Å². The molecule has 5 heteroatoms. The molecule has 94 valence electrons. The number of hydrogen-bond acceptors (Lipinski definition) is 4. The van der Waals surface area contributed by atoms with Gasteiger partial charge < -0.3 is 4.74 Å². The van der Waals surface area contributed by atoms with E-state index >= 15 is 0 Å².